The van der Waals surface area contributed by atoms with E-state index >= 15 is 0 Å². The number of carbonyl (C=O) groups is 2. The fourth-order valence-corrected chi connectivity index (χ4v) is 2.65. The summed E-state index contributed by atoms with van der Waals surface area (Å²) in [6.07, 6.45) is 0. The molecule has 0 aromatic heterocycles. The Morgan fingerprint density at radius 3 is 1.95 bits per heavy atom. The van der Waals surface area contributed by atoms with Crippen molar-refractivity contribution >= 4 is 11.6 Å². The summed E-state index contributed by atoms with van der Waals surface area (Å²) in [5.74, 6) is -0.135. The fraction of sp³-hybridized carbons (Fsp3) is 0.176. The third-order valence-electron chi connectivity index (χ3n) is 3.86. The lowest BCUT2D eigenvalue weighted by Gasteiger charge is -2.21. The lowest BCUT2D eigenvalue weighted by Crippen LogP contribution is -2.21. The summed E-state index contributed by atoms with van der Waals surface area (Å²) in [6.45, 7) is 1.68. The standard InChI is InChI=1S/C17H14O5/c1-8-4-5-9-14(15(8)18)17(20)11-7-13(22-3)12(21-2)6-10(11)16(9)19/h4-7,18H,1-3H3. The first-order chi connectivity index (χ1) is 10.5. The number of rotatable bonds is 2. The van der Waals surface area contributed by atoms with E-state index in [0.717, 1.165) is 0 Å². The molecule has 0 atom stereocenters. The lowest BCUT2D eigenvalue weighted by molar-refractivity contribution is 0.0976. The van der Waals surface area contributed by atoms with Crippen LogP contribution in [0.25, 0.3) is 0 Å². The van der Waals surface area contributed by atoms with Crippen LogP contribution in [0.1, 0.15) is 37.4 Å². The molecule has 0 radical (unpaired) electrons. The monoisotopic (exact) mass is 298 g/mol. The van der Waals surface area contributed by atoms with Gasteiger partial charge in [-0.1, -0.05) is 6.07 Å². The molecule has 1 N–H and O–H groups in total. The highest BCUT2D eigenvalue weighted by molar-refractivity contribution is 6.29. The summed E-state index contributed by atoms with van der Waals surface area (Å²) >= 11 is 0. The van der Waals surface area contributed by atoms with Gasteiger partial charge >= 0.3 is 0 Å². The highest BCUT2D eigenvalue weighted by Gasteiger charge is 2.33. The minimum atomic E-state index is -0.397. The average Bonchev–Trinajstić information content (AvgIpc) is 2.53. The molecule has 0 saturated carbocycles. The van der Waals surface area contributed by atoms with E-state index in [-0.39, 0.29) is 33.8 Å². The van der Waals surface area contributed by atoms with Gasteiger partial charge in [-0.2, -0.15) is 0 Å². The van der Waals surface area contributed by atoms with Crippen LogP contribution in [0.3, 0.4) is 0 Å². The minimum absolute atomic E-state index is 0.0460. The number of aryl methyl sites for hydroxylation is 1. The topological polar surface area (TPSA) is 72.8 Å². The number of phenolic OH excluding ortho intramolecular Hbond substituents is 1. The average molecular weight is 298 g/mol. The van der Waals surface area contributed by atoms with Crippen LogP contribution >= 0.6 is 0 Å². The van der Waals surface area contributed by atoms with E-state index in [1.807, 2.05) is 0 Å². The Hall–Kier alpha value is -2.82. The van der Waals surface area contributed by atoms with Crippen molar-refractivity contribution < 1.29 is 24.2 Å². The number of hydrogen-bond donors (Lipinski definition) is 1. The maximum absolute atomic E-state index is 12.7. The number of ether oxygens (including phenoxy) is 2. The molecule has 2 aromatic carbocycles. The number of ketones is 2. The Balaban J connectivity index is 2.31. The van der Waals surface area contributed by atoms with Gasteiger partial charge in [-0.05, 0) is 30.7 Å². The van der Waals surface area contributed by atoms with Crippen molar-refractivity contribution in [2.45, 2.75) is 6.92 Å². The molecule has 112 valence electrons. The largest absolute Gasteiger partial charge is 0.507 e. The Kier molecular flexibility index (Phi) is 3.13. The van der Waals surface area contributed by atoms with Gasteiger partial charge in [-0.3, -0.25) is 9.59 Å². The Labute approximate surface area is 127 Å². The van der Waals surface area contributed by atoms with Crippen molar-refractivity contribution in [3.63, 3.8) is 0 Å². The summed E-state index contributed by atoms with van der Waals surface area (Å²) in [5.41, 5.74) is 1.25. The molecule has 3 rings (SSSR count). The third kappa shape index (κ3) is 1.79. The van der Waals surface area contributed by atoms with E-state index in [2.05, 4.69) is 0 Å². The maximum Gasteiger partial charge on any atom is 0.198 e. The van der Waals surface area contributed by atoms with Gasteiger partial charge < -0.3 is 14.6 Å². The van der Waals surface area contributed by atoms with E-state index in [0.29, 0.717) is 17.1 Å². The van der Waals surface area contributed by atoms with Gasteiger partial charge in [0, 0.05) is 16.7 Å². The summed E-state index contributed by atoms with van der Waals surface area (Å²) in [5, 5.41) is 10.2. The van der Waals surface area contributed by atoms with Gasteiger partial charge in [0.05, 0.1) is 19.8 Å². The van der Waals surface area contributed by atoms with Crippen molar-refractivity contribution in [3.05, 3.63) is 52.1 Å². The summed E-state index contributed by atoms with van der Waals surface area (Å²) < 4.78 is 10.4. The zero-order chi connectivity index (χ0) is 16.0. The second-order valence-corrected chi connectivity index (χ2v) is 5.06. The lowest BCUT2D eigenvalue weighted by atomic mass is 9.82. The predicted molar refractivity (Wildman–Crippen MR) is 79.3 cm³/mol. The van der Waals surface area contributed by atoms with E-state index in [4.69, 9.17) is 9.47 Å². The number of benzene rings is 2. The van der Waals surface area contributed by atoms with Crippen molar-refractivity contribution in [1.29, 1.82) is 0 Å². The number of phenols is 1. The summed E-state index contributed by atoms with van der Waals surface area (Å²) in [6, 6.07) is 6.14. The Morgan fingerprint density at radius 1 is 0.864 bits per heavy atom. The van der Waals surface area contributed by atoms with Gasteiger partial charge in [-0.25, -0.2) is 0 Å². The SMILES string of the molecule is COc1cc2c(cc1OC)C(=O)c1c(ccc(C)c1O)C2=O. The van der Waals surface area contributed by atoms with Crippen LogP contribution in [0.2, 0.25) is 0 Å². The zero-order valence-corrected chi connectivity index (χ0v) is 12.4. The van der Waals surface area contributed by atoms with Gasteiger partial charge in [-0.15, -0.1) is 0 Å². The molecule has 0 spiro atoms. The molecule has 5 nitrogen and oxygen atoms in total. The molecule has 2 aromatic rings. The molecule has 1 aliphatic carbocycles. The zero-order valence-electron chi connectivity index (χ0n) is 12.4. The molecule has 0 unspecified atom stereocenters. The van der Waals surface area contributed by atoms with Crippen molar-refractivity contribution in [2.24, 2.45) is 0 Å². The number of aromatic hydroxyl groups is 1. The van der Waals surface area contributed by atoms with Gasteiger partial charge in [0.15, 0.2) is 23.1 Å². The first-order valence-corrected chi connectivity index (χ1v) is 6.67. The van der Waals surface area contributed by atoms with Crippen LogP contribution in [0.15, 0.2) is 24.3 Å². The van der Waals surface area contributed by atoms with Crippen molar-refractivity contribution in [2.75, 3.05) is 14.2 Å². The normalized spacial score (nSPS) is 12.7. The van der Waals surface area contributed by atoms with Gasteiger partial charge in [0.2, 0.25) is 0 Å². The van der Waals surface area contributed by atoms with Crippen LogP contribution in [-0.4, -0.2) is 30.9 Å². The molecule has 0 fully saturated rings. The quantitative estimate of drug-likeness (QED) is 0.787. The highest BCUT2D eigenvalue weighted by Crippen LogP contribution is 2.39. The van der Waals surface area contributed by atoms with Crippen LogP contribution in [-0.2, 0) is 0 Å². The van der Waals surface area contributed by atoms with E-state index < -0.39 is 5.78 Å². The molecule has 0 amide bonds. The number of methoxy groups -OCH3 is 2. The molecule has 0 saturated heterocycles. The first kappa shape index (κ1) is 14.1. The second-order valence-electron chi connectivity index (χ2n) is 5.06. The van der Waals surface area contributed by atoms with Crippen molar-refractivity contribution in [3.8, 4) is 17.2 Å². The molecule has 0 heterocycles. The van der Waals surface area contributed by atoms with Crippen LogP contribution < -0.4 is 9.47 Å². The van der Waals surface area contributed by atoms with Crippen LogP contribution in [0, 0.1) is 6.92 Å². The molecule has 0 aliphatic heterocycles. The number of hydrogen-bond acceptors (Lipinski definition) is 5. The van der Waals surface area contributed by atoms with Crippen LogP contribution in [0.5, 0.6) is 17.2 Å². The Bertz CT molecular complexity index is 820. The third-order valence-corrected chi connectivity index (χ3v) is 3.86. The molecule has 0 bridgehead atoms. The molecular formula is C17H14O5. The molecule has 1 aliphatic rings. The number of carbonyl (C=O) groups excluding carboxylic acids is 2. The second kappa shape index (κ2) is 4.87. The highest BCUT2D eigenvalue weighted by atomic mass is 16.5. The molecule has 5 heteroatoms. The van der Waals surface area contributed by atoms with Crippen molar-refractivity contribution in [1.82, 2.24) is 0 Å². The maximum atomic E-state index is 12.7. The summed E-state index contributed by atoms with van der Waals surface area (Å²) in [4.78, 5) is 25.3. The first-order valence-electron chi connectivity index (χ1n) is 6.67. The van der Waals surface area contributed by atoms with Crippen LogP contribution in [0.4, 0.5) is 0 Å². The van der Waals surface area contributed by atoms with E-state index in [1.165, 1.54) is 26.4 Å². The van der Waals surface area contributed by atoms with Gasteiger partial charge in [0.1, 0.15) is 5.75 Å². The Morgan fingerprint density at radius 2 is 1.41 bits per heavy atom. The fourth-order valence-electron chi connectivity index (χ4n) is 2.65. The van der Waals surface area contributed by atoms with E-state index in [1.54, 1.807) is 19.1 Å². The summed E-state index contributed by atoms with van der Waals surface area (Å²) in [7, 11) is 2.91. The molecular weight excluding hydrogens is 284 g/mol. The predicted octanol–water partition coefficient (Wildman–Crippen LogP) is 2.49. The van der Waals surface area contributed by atoms with Gasteiger partial charge in [0.25, 0.3) is 0 Å². The number of fused-ring (bicyclic) bond motifs is 2. The minimum Gasteiger partial charge on any atom is -0.507 e. The molecule has 22 heavy (non-hydrogen) atoms. The van der Waals surface area contributed by atoms with E-state index in [9.17, 15) is 14.7 Å². The smallest absolute Gasteiger partial charge is 0.198 e.